The molecule has 0 aromatic heterocycles. The van der Waals surface area contributed by atoms with E-state index in [1.807, 2.05) is 0 Å². The fraction of sp³-hybridized carbons (Fsp3) is 1.00. The average molecular weight is 392 g/mol. The third kappa shape index (κ3) is 5.61. The van der Waals surface area contributed by atoms with Gasteiger partial charge >= 0.3 is 0 Å². The molecule has 0 aromatic rings. The predicted molar refractivity (Wildman–Crippen MR) is 96.6 cm³/mol. The van der Waals surface area contributed by atoms with Crippen LogP contribution in [0, 0.1) is 17.3 Å². The van der Waals surface area contributed by atoms with Crippen LogP contribution in [0.1, 0.15) is 46.5 Å². The van der Waals surface area contributed by atoms with Crippen LogP contribution in [0.15, 0.2) is 0 Å². The Balaban J connectivity index is 1.81. The molecule has 1 heterocycles. The summed E-state index contributed by atoms with van der Waals surface area (Å²) in [5.74, 6) is 0.741. The van der Waals surface area contributed by atoms with E-state index >= 15 is 0 Å². The monoisotopic (exact) mass is 392 g/mol. The van der Waals surface area contributed by atoms with Crippen molar-refractivity contribution in [3.05, 3.63) is 0 Å². The van der Waals surface area contributed by atoms with E-state index in [1.54, 1.807) is 0 Å². The zero-order valence-electron chi connectivity index (χ0n) is 16.4. The van der Waals surface area contributed by atoms with Crippen LogP contribution in [0.2, 0.25) is 0 Å². The van der Waals surface area contributed by atoms with Gasteiger partial charge in [0.1, 0.15) is 24.4 Å². The molecule has 27 heavy (non-hydrogen) atoms. The number of rotatable bonds is 7. The molecule has 2 aliphatic rings. The first-order valence-corrected chi connectivity index (χ1v) is 9.85. The minimum atomic E-state index is -1.49. The number of hydrogen-bond acceptors (Lipinski definition) is 8. The highest BCUT2D eigenvalue weighted by atomic mass is 16.7. The Morgan fingerprint density at radius 3 is 2.37 bits per heavy atom. The second-order valence-electron chi connectivity index (χ2n) is 8.93. The maximum atomic E-state index is 10.3. The standard InChI is InChI=1S/C19H36O8/c1-10-6-12(22)7-19(2,3)13(10)5-4-11(21)9-26-18-17(25)16(24)15(23)14(8-20)27-18/h10-18,20-25H,4-9H2,1-3H3/t10-,11+,12-,13+,14-,15-,16+,17-,18-/m1/s1. The van der Waals surface area contributed by atoms with Crippen molar-refractivity contribution in [2.45, 2.75) is 89.4 Å². The third-order valence-electron chi connectivity index (χ3n) is 6.21. The Morgan fingerprint density at radius 2 is 1.78 bits per heavy atom. The van der Waals surface area contributed by atoms with Crippen LogP contribution >= 0.6 is 0 Å². The Hall–Kier alpha value is -0.320. The molecule has 160 valence electrons. The van der Waals surface area contributed by atoms with E-state index in [0.29, 0.717) is 18.3 Å². The topological polar surface area (TPSA) is 140 Å². The predicted octanol–water partition coefficient (Wildman–Crippen LogP) is -0.623. The normalized spacial score (nSPS) is 43.4. The highest BCUT2D eigenvalue weighted by Gasteiger charge is 2.44. The van der Waals surface area contributed by atoms with Crippen molar-refractivity contribution in [1.82, 2.24) is 0 Å². The largest absolute Gasteiger partial charge is 0.394 e. The summed E-state index contributed by atoms with van der Waals surface area (Å²) < 4.78 is 10.7. The van der Waals surface area contributed by atoms with Crippen molar-refractivity contribution in [2.24, 2.45) is 17.3 Å². The van der Waals surface area contributed by atoms with Gasteiger partial charge in [-0.05, 0) is 42.9 Å². The second kappa shape index (κ2) is 9.45. The van der Waals surface area contributed by atoms with Gasteiger partial charge in [0, 0.05) is 0 Å². The number of hydrogen-bond donors (Lipinski definition) is 6. The zero-order valence-corrected chi connectivity index (χ0v) is 16.4. The number of aliphatic hydroxyl groups excluding tert-OH is 6. The van der Waals surface area contributed by atoms with Gasteiger partial charge in [0.2, 0.25) is 0 Å². The minimum absolute atomic E-state index is 0.00503. The lowest BCUT2D eigenvalue weighted by Crippen LogP contribution is -2.59. The van der Waals surface area contributed by atoms with Crippen LogP contribution in [0.5, 0.6) is 0 Å². The lowest BCUT2D eigenvalue weighted by Gasteiger charge is -2.45. The molecule has 0 unspecified atom stereocenters. The molecular formula is C19H36O8. The van der Waals surface area contributed by atoms with Crippen molar-refractivity contribution in [3.8, 4) is 0 Å². The molecule has 0 radical (unpaired) electrons. The van der Waals surface area contributed by atoms with Gasteiger partial charge in [0.15, 0.2) is 6.29 Å². The summed E-state index contributed by atoms with van der Waals surface area (Å²) in [6.07, 6.45) is -4.87. The second-order valence-corrected chi connectivity index (χ2v) is 8.93. The first kappa shape index (κ1) is 23.0. The Kier molecular flexibility index (Phi) is 8.04. The molecule has 0 aromatic carbocycles. The van der Waals surface area contributed by atoms with Crippen LogP contribution in [0.4, 0.5) is 0 Å². The van der Waals surface area contributed by atoms with Gasteiger partial charge in [0.25, 0.3) is 0 Å². The maximum absolute atomic E-state index is 10.3. The van der Waals surface area contributed by atoms with E-state index in [-0.39, 0.29) is 18.1 Å². The first-order valence-electron chi connectivity index (χ1n) is 9.85. The summed E-state index contributed by atoms with van der Waals surface area (Å²) in [6, 6.07) is 0. The average Bonchev–Trinajstić information content (AvgIpc) is 2.57. The SMILES string of the molecule is C[C@@H]1C[C@@H](O)CC(C)(C)[C@H]1CC[C@H](O)CO[C@@H]1O[C@H](CO)[C@@H](O)[C@H](O)[C@H]1O. The van der Waals surface area contributed by atoms with E-state index in [1.165, 1.54) is 0 Å². The van der Waals surface area contributed by atoms with Gasteiger partial charge in [-0.1, -0.05) is 20.8 Å². The number of ether oxygens (including phenoxy) is 2. The van der Waals surface area contributed by atoms with E-state index < -0.39 is 43.4 Å². The zero-order chi connectivity index (χ0) is 20.4. The Bertz CT molecular complexity index is 457. The van der Waals surface area contributed by atoms with Gasteiger partial charge in [-0.2, -0.15) is 0 Å². The molecular weight excluding hydrogens is 356 g/mol. The van der Waals surface area contributed by atoms with Crippen molar-refractivity contribution < 1.29 is 40.1 Å². The molecule has 0 spiro atoms. The third-order valence-corrected chi connectivity index (χ3v) is 6.21. The highest BCUT2D eigenvalue weighted by molar-refractivity contribution is 4.91. The van der Waals surface area contributed by atoms with E-state index in [9.17, 15) is 30.6 Å². The molecule has 8 heteroatoms. The Labute approximate surface area is 160 Å². The Morgan fingerprint density at radius 1 is 1.11 bits per heavy atom. The molecule has 1 aliphatic carbocycles. The lowest BCUT2D eigenvalue weighted by atomic mass is 9.61. The summed E-state index contributed by atoms with van der Waals surface area (Å²) in [5, 5.41) is 58.9. The van der Waals surface area contributed by atoms with Crippen molar-refractivity contribution in [1.29, 1.82) is 0 Å². The van der Waals surface area contributed by atoms with Crippen molar-refractivity contribution in [3.63, 3.8) is 0 Å². The van der Waals surface area contributed by atoms with Crippen molar-refractivity contribution in [2.75, 3.05) is 13.2 Å². The summed E-state index contributed by atoms with van der Waals surface area (Å²) in [5.41, 5.74) is -0.00503. The van der Waals surface area contributed by atoms with Gasteiger partial charge in [-0.25, -0.2) is 0 Å². The summed E-state index contributed by atoms with van der Waals surface area (Å²) in [4.78, 5) is 0. The fourth-order valence-corrected chi connectivity index (χ4v) is 4.75. The molecule has 0 amide bonds. The quantitative estimate of drug-likeness (QED) is 0.337. The molecule has 9 atom stereocenters. The van der Waals surface area contributed by atoms with E-state index in [0.717, 1.165) is 19.3 Å². The summed E-state index contributed by atoms with van der Waals surface area (Å²) in [6.45, 7) is 5.81. The molecule has 1 aliphatic heterocycles. The molecule has 0 bridgehead atoms. The van der Waals surface area contributed by atoms with Crippen LogP contribution in [0.3, 0.4) is 0 Å². The van der Waals surface area contributed by atoms with Gasteiger partial charge in [-0.3, -0.25) is 0 Å². The van der Waals surface area contributed by atoms with Crippen LogP contribution in [-0.2, 0) is 9.47 Å². The van der Waals surface area contributed by atoms with E-state index in [2.05, 4.69) is 20.8 Å². The molecule has 1 saturated carbocycles. The highest BCUT2D eigenvalue weighted by Crippen LogP contribution is 2.46. The van der Waals surface area contributed by atoms with Gasteiger partial charge in [-0.15, -0.1) is 0 Å². The van der Waals surface area contributed by atoms with Gasteiger partial charge in [0.05, 0.1) is 25.4 Å². The fourth-order valence-electron chi connectivity index (χ4n) is 4.75. The molecule has 6 N–H and O–H groups in total. The molecule has 1 saturated heterocycles. The van der Waals surface area contributed by atoms with Crippen LogP contribution < -0.4 is 0 Å². The molecule has 8 nitrogen and oxygen atoms in total. The molecule has 2 rings (SSSR count). The molecule has 2 fully saturated rings. The first-order chi connectivity index (χ1) is 12.6. The van der Waals surface area contributed by atoms with Crippen LogP contribution in [-0.4, -0.2) is 86.8 Å². The van der Waals surface area contributed by atoms with E-state index in [4.69, 9.17) is 9.47 Å². The number of aliphatic hydroxyl groups is 6. The van der Waals surface area contributed by atoms with Crippen molar-refractivity contribution >= 4 is 0 Å². The van der Waals surface area contributed by atoms with Crippen LogP contribution in [0.25, 0.3) is 0 Å². The minimum Gasteiger partial charge on any atom is -0.394 e. The van der Waals surface area contributed by atoms with Gasteiger partial charge < -0.3 is 40.1 Å². The summed E-state index contributed by atoms with van der Waals surface area (Å²) >= 11 is 0. The maximum Gasteiger partial charge on any atom is 0.186 e. The smallest absolute Gasteiger partial charge is 0.186 e. The lowest BCUT2D eigenvalue weighted by molar-refractivity contribution is -0.304. The summed E-state index contributed by atoms with van der Waals surface area (Å²) in [7, 11) is 0.